The molecule has 0 spiro atoms. The van der Waals surface area contributed by atoms with E-state index in [9.17, 15) is 9.59 Å². The quantitative estimate of drug-likeness (QED) is 0.406. The van der Waals surface area contributed by atoms with E-state index in [1.165, 1.54) is 18.0 Å². The Morgan fingerprint density at radius 2 is 2.06 bits per heavy atom. The lowest BCUT2D eigenvalue weighted by atomic mass is 10.1. The molecule has 1 fully saturated rings. The summed E-state index contributed by atoms with van der Waals surface area (Å²) >= 11 is 0. The standard InChI is InChI=1S/C15H20N5O4P.C6H12O2/c1-17-25(24-11-5-3-2-4-6-11)22-9-12-7-8-13(23-12)20-10-18-14(16)19-15(20)21;1-5(2)4-6(7)8-3/h2-6,10,12-13,17H,7-9H2,1H3,(H2,16,19,21);5H,4H2,1-3H3. The minimum atomic E-state index is -1.27. The van der Waals surface area contributed by atoms with E-state index in [1.807, 2.05) is 44.2 Å². The lowest BCUT2D eigenvalue weighted by molar-refractivity contribution is -0.141. The first-order valence-corrected chi connectivity index (χ1v) is 11.8. The third-order valence-corrected chi connectivity index (χ3v) is 5.56. The van der Waals surface area contributed by atoms with Crippen molar-refractivity contribution in [2.45, 2.75) is 45.4 Å². The Morgan fingerprint density at radius 3 is 2.64 bits per heavy atom. The van der Waals surface area contributed by atoms with Crippen molar-refractivity contribution >= 4 is 20.4 Å². The molecule has 0 radical (unpaired) electrons. The number of benzene rings is 1. The fourth-order valence-electron chi connectivity index (χ4n) is 2.85. The molecule has 1 saturated heterocycles. The molecule has 182 valence electrons. The minimum absolute atomic E-state index is 0.0446. The van der Waals surface area contributed by atoms with E-state index in [0.717, 1.165) is 12.2 Å². The van der Waals surface area contributed by atoms with Crippen molar-refractivity contribution in [3.63, 3.8) is 0 Å². The summed E-state index contributed by atoms with van der Waals surface area (Å²) in [5, 5.41) is 3.01. The van der Waals surface area contributed by atoms with Gasteiger partial charge in [-0.2, -0.15) is 4.98 Å². The number of aromatic nitrogens is 3. The predicted octanol–water partition coefficient (Wildman–Crippen LogP) is 2.65. The van der Waals surface area contributed by atoms with Gasteiger partial charge in [0.15, 0.2) is 0 Å². The summed E-state index contributed by atoms with van der Waals surface area (Å²) < 4.78 is 23.2. The van der Waals surface area contributed by atoms with Crippen LogP contribution in [0.25, 0.3) is 0 Å². The Bertz CT molecular complexity index is 914. The molecular weight excluding hydrogens is 449 g/mol. The molecule has 3 rings (SSSR count). The summed E-state index contributed by atoms with van der Waals surface area (Å²) in [6.07, 6.45) is 2.79. The highest BCUT2D eigenvalue weighted by Gasteiger charge is 2.29. The molecule has 1 aliphatic heterocycles. The third-order valence-electron chi connectivity index (χ3n) is 4.44. The first-order valence-electron chi connectivity index (χ1n) is 10.6. The van der Waals surface area contributed by atoms with Gasteiger partial charge in [0.2, 0.25) is 5.95 Å². The second-order valence-electron chi connectivity index (χ2n) is 7.55. The highest BCUT2D eigenvalue weighted by molar-refractivity contribution is 7.45. The van der Waals surface area contributed by atoms with Gasteiger partial charge in [0.1, 0.15) is 18.3 Å². The molecule has 2 heterocycles. The van der Waals surface area contributed by atoms with Crippen LogP contribution in [0.3, 0.4) is 0 Å². The summed E-state index contributed by atoms with van der Waals surface area (Å²) in [4.78, 5) is 29.7. The normalized spacial score (nSPS) is 18.3. The molecule has 12 heteroatoms. The Hall–Kier alpha value is -2.59. The van der Waals surface area contributed by atoms with Crippen molar-refractivity contribution in [2.24, 2.45) is 5.92 Å². The fraction of sp³-hybridized carbons (Fsp3) is 0.524. The van der Waals surface area contributed by atoms with E-state index >= 15 is 0 Å². The predicted molar refractivity (Wildman–Crippen MR) is 124 cm³/mol. The van der Waals surface area contributed by atoms with Crippen LogP contribution < -0.4 is 21.0 Å². The number of esters is 1. The van der Waals surface area contributed by atoms with Gasteiger partial charge in [0.25, 0.3) is 0 Å². The minimum Gasteiger partial charge on any atom is -0.469 e. The second-order valence-corrected chi connectivity index (χ2v) is 8.95. The maximum absolute atomic E-state index is 11.8. The van der Waals surface area contributed by atoms with E-state index in [2.05, 4.69) is 19.8 Å². The number of carbonyl (C=O) groups is 1. The topological polar surface area (TPSA) is 140 Å². The Balaban J connectivity index is 0.000000414. The van der Waals surface area contributed by atoms with Crippen LogP contribution in [0.4, 0.5) is 5.95 Å². The maximum Gasteiger partial charge on any atom is 0.354 e. The lowest BCUT2D eigenvalue weighted by Gasteiger charge is -2.19. The highest BCUT2D eigenvalue weighted by Crippen LogP contribution is 2.36. The summed E-state index contributed by atoms with van der Waals surface area (Å²) in [7, 11) is 1.91. The SMILES string of the molecule is CNP(OCC1CCC(n2cnc(N)nc2=O)O1)Oc1ccccc1.COC(=O)CC(C)C. The van der Waals surface area contributed by atoms with Crippen LogP contribution in [0, 0.1) is 5.92 Å². The first kappa shape index (κ1) is 26.7. The molecule has 1 aliphatic rings. The average molecular weight is 481 g/mol. The molecule has 0 aliphatic carbocycles. The zero-order valence-corrected chi connectivity index (χ0v) is 20.2. The largest absolute Gasteiger partial charge is 0.469 e. The number of nitrogen functional groups attached to an aromatic ring is 1. The molecule has 0 amide bonds. The molecular formula is C21H32N5O6P. The summed E-state index contributed by atoms with van der Waals surface area (Å²) in [5.74, 6) is 0.970. The van der Waals surface area contributed by atoms with Crippen LogP contribution in [-0.2, 0) is 18.8 Å². The number of hydrogen-bond donors (Lipinski definition) is 2. The van der Waals surface area contributed by atoms with Crippen molar-refractivity contribution in [3.8, 4) is 5.75 Å². The molecule has 3 unspecified atom stereocenters. The zero-order valence-electron chi connectivity index (χ0n) is 19.3. The first-order chi connectivity index (χ1) is 15.8. The van der Waals surface area contributed by atoms with Gasteiger partial charge in [-0.1, -0.05) is 32.0 Å². The molecule has 11 nitrogen and oxygen atoms in total. The van der Waals surface area contributed by atoms with E-state index in [0.29, 0.717) is 25.4 Å². The van der Waals surface area contributed by atoms with Crippen molar-refractivity contribution in [1.29, 1.82) is 0 Å². The number of ether oxygens (including phenoxy) is 2. The Kier molecular flexibility index (Phi) is 11.2. The zero-order chi connectivity index (χ0) is 24.2. The van der Waals surface area contributed by atoms with Crippen LogP contribution >= 0.6 is 8.53 Å². The van der Waals surface area contributed by atoms with E-state index in [4.69, 9.17) is 19.5 Å². The van der Waals surface area contributed by atoms with Crippen molar-refractivity contribution < 1.29 is 23.3 Å². The number of para-hydroxylation sites is 1. The molecule has 33 heavy (non-hydrogen) atoms. The van der Waals surface area contributed by atoms with Crippen LogP contribution in [0.2, 0.25) is 0 Å². The number of anilines is 1. The number of nitrogens with one attached hydrogen (secondary N) is 1. The molecule has 1 aromatic heterocycles. The van der Waals surface area contributed by atoms with Crippen LogP contribution in [-0.4, -0.2) is 47.4 Å². The molecule has 3 N–H and O–H groups in total. The van der Waals surface area contributed by atoms with Gasteiger partial charge in [-0.25, -0.2) is 14.9 Å². The van der Waals surface area contributed by atoms with Crippen molar-refractivity contribution in [3.05, 3.63) is 47.1 Å². The van der Waals surface area contributed by atoms with Gasteiger partial charge in [-0.15, -0.1) is 0 Å². The van der Waals surface area contributed by atoms with Gasteiger partial charge in [-0.05, 0) is 37.9 Å². The van der Waals surface area contributed by atoms with Crippen LogP contribution in [0.15, 0.2) is 41.5 Å². The third kappa shape index (κ3) is 9.43. The van der Waals surface area contributed by atoms with Gasteiger partial charge in [-0.3, -0.25) is 9.36 Å². The molecule has 0 saturated carbocycles. The number of nitrogens with zero attached hydrogens (tertiary/aromatic N) is 3. The van der Waals surface area contributed by atoms with Gasteiger partial charge in [0.05, 0.1) is 19.8 Å². The summed E-state index contributed by atoms with van der Waals surface area (Å²) in [5.41, 5.74) is 4.93. The summed E-state index contributed by atoms with van der Waals surface area (Å²) in [6, 6.07) is 9.45. The van der Waals surface area contributed by atoms with Crippen molar-refractivity contribution in [1.82, 2.24) is 19.6 Å². The number of rotatable bonds is 9. The van der Waals surface area contributed by atoms with Gasteiger partial charge < -0.3 is 24.3 Å². The van der Waals surface area contributed by atoms with Gasteiger partial charge >= 0.3 is 20.2 Å². The molecule has 3 atom stereocenters. The lowest BCUT2D eigenvalue weighted by Crippen LogP contribution is -2.29. The second kappa shape index (κ2) is 13.8. The van der Waals surface area contributed by atoms with E-state index < -0.39 is 20.4 Å². The fourth-order valence-corrected chi connectivity index (χ4v) is 3.74. The van der Waals surface area contributed by atoms with E-state index in [1.54, 1.807) is 7.05 Å². The van der Waals surface area contributed by atoms with Crippen molar-refractivity contribution in [2.75, 3.05) is 26.5 Å². The maximum atomic E-state index is 11.8. The number of nitrogens with two attached hydrogens (primary N) is 1. The smallest absolute Gasteiger partial charge is 0.354 e. The molecule has 1 aromatic carbocycles. The molecule has 2 aromatic rings. The Morgan fingerprint density at radius 1 is 1.33 bits per heavy atom. The number of carbonyl (C=O) groups excluding carboxylic acids is 1. The molecule has 0 bridgehead atoms. The summed E-state index contributed by atoms with van der Waals surface area (Å²) in [6.45, 7) is 4.33. The van der Waals surface area contributed by atoms with Crippen LogP contribution in [0.5, 0.6) is 5.75 Å². The van der Waals surface area contributed by atoms with Crippen LogP contribution in [0.1, 0.15) is 39.3 Å². The highest BCUT2D eigenvalue weighted by atomic mass is 31.2. The number of methoxy groups -OCH3 is 1. The van der Waals surface area contributed by atoms with E-state index in [-0.39, 0.29) is 18.0 Å². The monoisotopic (exact) mass is 481 g/mol. The number of hydrogen-bond acceptors (Lipinski definition) is 10. The average Bonchev–Trinajstić information content (AvgIpc) is 3.26. The van der Waals surface area contributed by atoms with Gasteiger partial charge in [0, 0.05) is 6.42 Å². The Labute approximate surface area is 194 Å².